The monoisotopic (exact) mass is 502 g/mol. The summed E-state index contributed by atoms with van der Waals surface area (Å²) in [5.41, 5.74) is 0.626. The van der Waals surface area contributed by atoms with E-state index in [4.69, 9.17) is 9.15 Å². The van der Waals surface area contributed by atoms with Gasteiger partial charge in [-0.2, -0.15) is 5.10 Å². The number of morpholine rings is 1. The van der Waals surface area contributed by atoms with Crippen molar-refractivity contribution in [3.63, 3.8) is 0 Å². The van der Waals surface area contributed by atoms with Crippen LogP contribution in [0.2, 0.25) is 0 Å². The average Bonchev–Trinajstić information content (AvgIpc) is 3.60. The predicted octanol–water partition coefficient (Wildman–Crippen LogP) is 3.68. The number of aliphatic hydroxyl groups excluding tert-OH is 1. The van der Waals surface area contributed by atoms with Crippen LogP contribution < -0.4 is 10.2 Å². The first-order chi connectivity index (χ1) is 17.5. The highest BCUT2D eigenvalue weighted by Gasteiger charge is 2.30. The van der Waals surface area contributed by atoms with Gasteiger partial charge < -0.3 is 24.5 Å². The fourth-order valence-electron chi connectivity index (χ4n) is 4.88. The van der Waals surface area contributed by atoms with E-state index in [1.165, 1.54) is 12.5 Å². The fourth-order valence-corrected chi connectivity index (χ4v) is 4.88. The van der Waals surface area contributed by atoms with Gasteiger partial charge in [0.1, 0.15) is 17.8 Å². The minimum atomic E-state index is -2.83. The van der Waals surface area contributed by atoms with Gasteiger partial charge in [-0.25, -0.2) is 18.7 Å². The van der Waals surface area contributed by atoms with Crippen molar-refractivity contribution >= 4 is 17.4 Å². The predicted molar refractivity (Wildman–Crippen MR) is 126 cm³/mol. The largest absolute Gasteiger partial charge is 0.451 e. The number of oxazole rings is 1. The highest BCUT2D eigenvalue weighted by Crippen LogP contribution is 2.42. The number of rotatable bonds is 7. The van der Waals surface area contributed by atoms with Crippen molar-refractivity contribution in [2.45, 2.75) is 38.2 Å². The van der Waals surface area contributed by atoms with E-state index < -0.39 is 12.3 Å². The molecular weight excluding hydrogens is 474 g/mol. The summed E-state index contributed by atoms with van der Waals surface area (Å²) in [6, 6.07) is 1.53. The van der Waals surface area contributed by atoms with E-state index >= 15 is 0 Å². The number of nitrogens with zero attached hydrogens (tertiary/aromatic N) is 5. The number of amides is 1. The van der Waals surface area contributed by atoms with Gasteiger partial charge in [-0.05, 0) is 37.7 Å². The van der Waals surface area contributed by atoms with Crippen LogP contribution in [-0.4, -0.2) is 63.7 Å². The Hall–Kier alpha value is -3.38. The van der Waals surface area contributed by atoms with Gasteiger partial charge in [0.25, 0.3) is 12.3 Å². The lowest BCUT2D eigenvalue weighted by atomic mass is 9.87. The highest BCUT2D eigenvalue weighted by atomic mass is 19.3. The molecule has 1 saturated heterocycles. The summed E-state index contributed by atoms with van der Waals surface area (Å²) in [5.74, 6) is 0.176. The molecule has 2 aliphatic rings. The van der Waals surface area contributed by atoms with Gasteiger partial charge in [-0.15, -0.1) is 0 Å². The summed E-state index contributed by atoms with van der Waals surface area (Å²) in [7, 11) is 0. The molecular formula is C24H28F2N6O4. The molecule has 1 amide bonds. The number of nitrogens with one attached hydrogen (secondary N) is 1. The van der Waals surface area contributed by atoms with Crippen molar-refractivity contribution in [1.82, 2.24) is 19.7 Å². The summed E-state index contributed by atoms with van der Waals surface area (Å²) in [4.78, 5) is 23.2. The Kier molecular flexibility index (Phi) is 7.23. The molecule has 3 aromatic rings. The van der Waals surface area contributed by atoms with E-state index in [-0.39, 0.29) is 35.5 Å². The third kappa shape index (κ3) is 4.96. The number of aliphatic hydroxyl groups is 1. The van der Waals surface area contributed by atoms with Crippen LogP contribution in [0.5, 0.6) is 0 Å². The zero-order chi connectivity index (χ0) is 25.1. The number of aromatic nitrogens is 4. The Balaban J connectivity index is 1.58. The Bertz CT molecular complexity index is 1170. The Morgan fingerprint density at radius 1 is 1.19 bits per heavy atom. The zero-order valence-electron chi connectivity index (χ0n) is 19.6. The number of hydrogen-bond acceptors (Lipinski definition) is 8. The van der Waals surface area contributed by atoms with E-state index in [1.54, 1.807) is 16.9 Å². The van der Waals surface area contributed by atoms with E-state index in [0.29, 0.717) is 43.4 Å². The quantitative estimate of drug-likeness (QED) is 0.502. The molecule has 5 rings (SSSR count). The summed E-state index contributed by atoms with van der Waals surface area (Å²) < 4.78 is 40.6. The van der Waals surface area contributed by atoms with Crippen LogP contribution >= 0.6 is 0 Å². The first-order valence-electron chi connectivity index (χ1n) is 12.0. The Labute approximate surface area is 206 Å². The van der Waals surface area contributed by atoms with Gasteiger partial charge >= 0.3 is 0 Å². The minimum Gasteiger partial charge on any atom is -0.451 e. The van der Waals surface area contributed by atoms with Crippen molar-refractivity contribution < 1.29 is 27.8 Å². The molecule has 10 nitrogen and oxygen atoms in total. The lowest BCUT2D eigenvalue weighted by molar-refractivity contribution is 0.102. The highest BCUT2D eigenvalue weighted by molar-refractivity contribution is 6.06. The first kappa shape index (κ1) is 24.3. The molecule has 12 heteroatoms. The second kappa shape index (κ2) is 10.7. The van der Waals surface area contributed by atoms with Crippen molar-refractivity contribution in [3.05, 3.63) is 42.5 Å². The van der Waals surface area contributed by atoms with Crippen molar-refractivity contribution in [2.24, 2.45) is 5.92 Å². The number of alkyl halides is 2. The molecule has 36 heavy (non-hydrogen) atoms. The standard InChI is InChI=1S/C24H28F2N6O4/c25-22(26)21-17(11-32(30-21)16-3-1-15(12-33)2-4-16)20-18(29-24(34)19-13-36-14-28-19)5-6-27-23(20)31-7-9-35-10-8-31/h5-6,11,13-16,22,33H,1-4,7-10,12H2,(H,27,29,34). The summed E-state index contributed by atoms with van der Waals surface area (Å²) in [5, 5.41) is 16.6. The molecule has 1 aliphatic heterocycles. The number of pyridine rings is 1. The second-order valence-electron chi connectivity index (χ2n) is 9.05. The lowest BCUT2D eigenvalue weighted by Gasteiger charge is -2.30. The third-order valence-electron chi connectivity index (χ3n) is 6.84. The molecule has 1 saturated carbocycles. The van der Waals surface area contributed by atoms with Gasteiger partial charge in [-0.3, -0.25) is 9.48 Å². The second-order valence-corrected chi connectivity index (χ2v) is 9.05. The maximum atomic E-state index is 14.3. The van der Waals surface area contributed by atoms with E-state index in [1.807, 2.05) is 4.90 Å². The Morgan fingerprint density at radius 2 is 1.97 bits per heavy atom. The molecule has 0 unspecified atom stereocenters. The number of carbonyl (C=O) groups is 1. The van der Waals surface area contributed by atoms with Crippen molar-refractivity contribution in [2.75, 3.05) is 43.1 Å². The SMILES string of the molecule is O=C(Nc1ccnc(N2CCOCC2)c1-c1cn(C2CCC(CO)CC2)nc1C(F)F)c1cocn1. The summed E-state index contributed by atoms with van der Waals surface area (Å²) in [6.45, 7) is 2.15. The molecule has 0 radical (unpaired) electrons. The number of halogens is 2. The van der Waals surface area contributed by atoms with Crippen LogP contribution in [0.4, 0.5) is 20.3 Å². The molecule has 192 valence electrons. The van der Waals surface area contributed by atoms with E-state index in [0.717, 1.165) is 32.1 Å². The van der Waals surface area contributed by atoms with Crippen LogP contribution in [-0.2, 0) is 4.74 Å². The third-order valence-corrected chi connectivity index (χ3v) is 6.84. The fraction of sp³-hybridized carbons (Fsp3) is 0.500. The molecule has 0 spiro atoms. The number of carbonyl (C=O) groups excluding carboxylic acids is 1. The smallest absolute Gasteiger partial charge is 0.282 e. The maximum absolute atomic E-state index is 14.3. The van der Waals surface area contributed by atoms with Crippen LogP contribution in [0, 0.1) is 5.92 Å². The van der Waals surface area contributed by atoms with Gasteiger partial charge in [-0.1, -0.05) is 0 Å². The van der Waals surface area contributed by atoms with Gasteiger partial charge in [0.15, 0.2) is 12.1 Å². The van der Waals surface area contributed by atoms with Gasteiger partial charge in [0.05, 0.1) is 30.5 Å². The van der Waals surface area contributed by atoms with Crippen LogP contribution in [0.3, 0.4) is 0 Å². The Morgan fingerprint density at radius 3 is 2.64 bits per heavy atom. The molecule has 0 bridgehead atoms. The molecule has 1 aliphatic carbocycles. The first-order valence-corrected chi connectivity index (χ1v) is 12.0. The molecule has 3 aromatic heterocycles. The molecule has 0 atom stereocenters. The van der Waals surface area contributed by atoms with Crippen LogP contribution in [0.1, 0.15) is 54.3 Å². The topological polar surface area (TPSA) is 119 Å². The molecule has 0 aromatic carbocycles. The van der Waals surface area contributed by atoms with Crippen molar-refractivity contribution in [1.29, 1.82) is 0 Å². The number of anilines is 2. The zero-order valence-corrected chi connectivity index (χ0v) is 19.6. The van der Waals surface area contributed by atoms with Crippen LogP contribution in [0.25, 0.3) is 11.1 Å². The van der Waals surface area contributed by atoms with E-state index in [9.17, 15) is 18.7 Å². The minimum absolute atomic E-state index is 0.0456. The van der Waals surface area contributed by atoms with E-state index in [2.05, 4.69) is 20.4 Å². The summed E-state index contributed by atoms with van der Waals surface area (Å²) >= 11 is 0. The molecule has 2 N–H and O–H groups in total. The van der Waals surface area contributed by atoms with Crippen molar-refractivity contribution in [3.8, 4) is 11.1 Å². The van der Waals surface area contributed by atoms with Gasteiger partial charge in [0.2, 0.25) is 0 Å². The molecule has 4 heterocycles. The summed E-state index contributed by atoms with van der Waals surface area (Å²) in [6.07, 6.45) is 5.81. The number of hydrogen-bond donors (Lipinski definition) is 2. The maximum Gasteiger partial charge on any atom is 0.282 e. The average molecular weight is 503 g/mol. The van der Waals surface area contributed by atoms with Crippen LogP contribution in [0.15, 0.2) is 35.5 Å². The van der Waals surface area contributed by atoms with Gasteiger partial charge in [0, 0.05) is 37.7 Å². The molecule has 2 fully saturated rings. The number of ether oxygens (including phenoxy) is 1. The lowest BCUT2D eigenvalue weighted by Crippen LogP contribution is -2.37. The normalized spacial score (nSPS) is 20.6.